The van der Waals surface area contributed by atoms with E-state index in [1.807, 2.05) is 24.3 Å². The number of fused-ring (bicyclic) bond motifs is 2. The van der Waals surface area contributed by atoms with Crippen molar-refractivity contribution in [3.63, 3.8) is 0 Å². The molecule has 0 atom stereocenters. The fourth-order valence-corrected chi connectivity index (χ4v) is 7.56. The summed E-state index contributed by atoms with van der Waals surface area (Å²) >= 11 is 1.50. The van der Waals surface area contributed by atoms with Crippen molar-refractivity contribution in [1.82, 2.24) is 4.58 Å². The molecule has 0 aromatic heterocycles. The van der Waals surface area contributed by atoms with Crippen LogP contribution in [0.3, 0.4) is 0 Å². The highest BCUT2D eigenvalue weighted by molar-refractivity contribution is 7.21. The van der Waals surface area contributed by atoms with Crippen molar-refractivity contribution in [3.05, 3.63) is 75.2 Å². The predicted octanol–water partition coefficient (Wildman–Crippen LogP) is 8.46. The summed E-state index contributed by atoms with van der Waals surface area (Å²) < 4.78 is 49.4. The van der Waals surface area contributed by atoms with E-state index in [2.05, 4.69) is 19.5 Å². The molecule has 1 aliphatic carbocycles. The average molecular weight is 607 g/mol. The number of aromatic carboxylic acids is 1. The van der Waals surface area contributed by atoms with Crippen LogP contribution in [-0.2, 0) is 0 Å². The van der Waals surface area contributed by atoms with E-state index in [1.54, 1.807) is 12.1 Å². The third kappa shape index (κ3) is 5.43. The second kappa shape index (κ2) is 12.3. The van der Waals surface area contributed by atoms with Gasteiger partial charge in [0.1, 0.15) is 30.2 Å². The minimum atomic E-state index is -1.84. The molecule has 3 heterocycles. The van der Waals surface area contributed by atoms with Crippen LogP contribution in [0, 0.1) is 17.5 Å². The Morgan fingerprint density at radius 2 is 1.58 bits per heavy atom. The monoisotopic (exact) mass is 606 g/mol. The molecular weight excluding hydrogens is 575 g/mol. The van der Waals surface area contributed by atoms with Crippen molar-refractivity contribution in [2.45, 2.75) is 51.4 Å². The van der Waals surface area contributed by atoms with E-state index >= 15 is 8.78 Å². The minimum Gasteiger partial charge on any atom is -0.478 e. The molecule has 6 rings (SSSR count). The lowest BCUT2D eigenvalue weighted by molar-refractivity contribution is 0.0691. The van der Waals surface area contributed by atoms with Gasteiger partial charge in [0.15, 0.2) is 11.6 Å². The van der Waals surface area contributed by atoms with Crippen LogP contribution in [-0.4, -0.2) is 37.3 Å². The van der Waals surface area contributed by atoms with Gasteiger partial charge in [-0.05, 0) is 49.4 Å². The van der Waals surface area contributed by atoms with E-state index in [4.69, 9.17) is 5.53 Å². The van der Waals surface area contributed by atoms with Crippen molar-refractivity contribution in [2.75, 3.05) is 31.1 Å². The molecule has 2 saturated heterocycles. The fourth-order valence-electron chi connectivity index (χ4n) is 6.40. The van der Waals surface area contributed by atoms with Crippen LogP contribution in [0.4, 0.5) is 24.5 Å². The molecule has 0 saturated carbocycles. The van der Waals surface area contributed by atoms with Gasteiger partial charge in [-0.2, -0.15) is 0 Å². The van der Waals surface area contributed by atoms with Crippen LogP contribution in [0.2, 0.25) is 0 Å². The van der Waals surface area contributed by atoms with Crippen molar-refractivity contribution >= 4 is 38.8 Å². The number of carboxylic acid groups (broad SMARTS) is 1. The number of rotatable bonds is 4. The van der Waals surface area contributed by atoms with Gasteiger partial charge in [0.05, 0.1) is 0 Å². The van der Waals surface area contributed by atoms with Crippen LogP contribution < -0.4 is 14.8 Å². The predicted molar refractivity (Wildman–Crippen MR) is 164 cm³/mol. The normalized spacial score (nSPS) is 16.2. The van der Waals surface area contributed by atoms with E-state index in [0.29, 0.717) is 10.9 Å². The molecular formula is C32H31F3N5O2S+. The summed E-state index contributed by atoms with van der Waals surface area (Å²) in [6, 6.07) is 11.4. The van der Waals surface area contributed by atoms with Crippen LogP contribution in [0.25, 0.3) is 42.1 Å². The lowest BCUT2D eigenvalue weighted by atomic mass is 9.90. The largest absolute Gasteiger partial charge is 0.478 e. The number of benzene rings is 3. The Bertz CT molecular complexity index is 1810. The van der Waals surface area contributed by atoms with Gasteiger partial charge >= 0.3 is 5.97 Å². The maximum atomic E-state index is 16.1. The highest BCUT2D eigenvalue weighted by Gasteiger charge is 2.32. The van der Waals surface area contributed by atoms with Crippen molar-refractivity contribution in [2.24, 2.45) is 5.11 Å². The molecule has 2 fully saturated rings. The quantitative estimate of drug-likeness (QED) is 0.0631. The second-order valence-electron chi connectivity index (χ2n) is 11.2. The molecule has 43 heavy (non-hydrogen) atoms. The third-order valence-corrected chi connectivity index (χ3v) is 9.65. The zero-order valence-corrected chi connectivity index (χ0v) is 24.4. The van der Waals surface area contributed by atoms with Gasteiger partial charge in [-0.15, -0.1) is 11.3 Å². The van der Waals surface area contributed by atoms with E-state index < -0.39 is 40.2 Å². The number of carbonyl (C=O) groups is 1. The molecule has 0 amide bonds. The molecule has 0 bridgehead atoms. The molecule has 0 radical (unpaired) electrons. The first kappa shape index (κ1) is 29.0. The second-order valence-corrected chi connectivity index (χ2v) is 12.3. The van der Waals surface area contributed by atoms with Gasteiger partial charge in [-0.1, -0.05) is 24.0 Å². The van der Waals surface area contributed by atoms with Crippen LogP contribution in [0.1, 0.15) is 61.7 Å². The van der Waals surface area contributed by atoms with E-state index in [1.165, 1.54) is 37.0 Å². The van der Waals surface area contributed by atoms with Crippen LogP contribution in [0.15, 0.2) is 41.5 Å². The lowest BCUT2D eigenvalue weighted by Gasteiger charge is -2.24. The van der Waals surface area contributed by atoms with Gasteiger partial charge in [-0.25, -0.2) is 22.5 Å². The topological polar surface area (TPSA) is 92.3 Å². The van der Waals surface area contributed by atoms with Gasteiger partial charge in [0, 0.05) is 80.3 Å². The van der Waals surface area contributed by atoms with Gasteiger partial charge in [0.2, 0.25) is 5.36 Å². The Morgan fingerprint density at radius 1 is 0.884 bits per heavy atom. The summed E-state index contributed by atoms with van der Waals surface area (Å²) in [6.07, 6.45) is 8.98. The molecule has 0 unspecified atom stereocenters. The molecule has 2 aromatic rings. The molecule has 11 heteroatoms. The minimum absolute atomic E-state index is 0.122. The number of azide groups is 1. The van der Waals surface area contributed by atoms with E-state index in [-0.39, 0.29) is 5.56 Å². The zero-order chi connectivity index (χ0) is 30.1. The highest BCUT2D eigenvalue weighted by Crippen LogP contribution is 2.48. The molecule has 2 aromatic carbocycles. The molecule has 1 N–H and O–H groups in total. The van der Waals surface area contributed by atoms with Crippen molar-refractivity contribution in [3.8, 4) is 21.6 Å². The summed E-state index contributed by atoms with van der Waals surface area (Å²) in [5.74, 6) is -6.85. The van der Waals surface area contributed by atoms with E-state index in [9.17, 15) is 14.3 Å². The molecule has 4 aliphatic rings. The molecule has 0 spiro atoms. The number of nitrogens with zero attached hydrogens (tertiary/aromatic N) is 5. The summed E-state index contributed by atoms with van der Waals surface area (Å²) in [6.45, 7) is 3.64. The van der Waals surface area contributed by atoms with Crippen molar-refractivity contribution < 1.29 is 23.1 Å². The maximum Gasteiger partial charge on any atom is 0.339 e. The van der Waals surface area contributed by atoms with Crippen molar-refractivity contribution in [1.29, 1.82) is 0 Å². The number of carboxylic acids is 1. The Labute approximate surface area is 250 Å². The Balaban J connectivity index is 1.71. The van der Waals surface area contributed by atoms with Crippen LogP contribution in [0.5, 0.6) is 0 Å². The SMILES string of the molecule is [N-]=[N+]=Nc1c(F)c(F)c(C(=O)O)c(-c2c3ccc(=[N+]4CCCCCC4)cc-3sc3cc(N4CCCCCC4)ccc23)c1F. The molecule has 7 nitrogen and oxygen atoms in total. The first-order valence-corrected chi connectivity index (χ1v) is 15.5. The summed E-state index contributed by atoms with van der Waals surface area (Å²) in [5, 5.41) is 14.6. The van der Waals surface area contributed by atoms with Gasteiger partial charge < -0.3 is 10.0 Å². The number of anilines is 1. The zero-order valence-electron chi connectivity index (χ0n) is 23.6. The van der Waals surface area contributed by atoms with Gasteiger partial charge in [0.25, 0.3) is 0 Å². The summed E-state index contributed by atoms with van der Waals surface area (Å²) in [4.78, 5) is 17.9. The highest BCUT2D eigenvalue weighted by atomic mass is 32.1. The Hall–Kier alpha value is -4.08. The maximum absolute atomic E-state index is 16.1. The summed E-state index contributed by atoms with van der Waals surface area (Å²) in [5.41, 5.74) is 7.61. The third-order valence-electron chi connectivity index (χ3n) is 8.54. The van der Waals surface area contributed by atoms with E-state index in [0.717, 1.165) is 72.5 Å². The standard InChI is InChI=1S/C32H30F3N5O2S/c33-28-27(32(41)42)26(29(34)31(30(28)35)37-38-36)25-21-11-9-19(39-13-5-1-2-6-14-39)17-23(21)43-24-18-20(10-12-22(24)25)40-15-7-3-4-8-16-40/h9-12,17-18H,1-8,13-16H2/p+1. The summed E-state index contributed by atoms with van der Waals surface area (Å²) in [7, 11) is 0. The first-order chi connectivity index (χ1) is 20.9. The fraction of sp³-hybridized carbons (Fsp3) is 0.375. The molecule has 222 valence electrons. The number of hydrogen-bond acceptors (Lipinski definition) is 4. The lowest BCUT2D eigenvalue weighted by Crippen LogP contribution is -2.30. The number of hydrogen-bond donors (Lipinski definition) is 1. The average Bonchev–Trinajstić information content (AvgIpc) is 3.45. The number of halogens is 3. The smallest absolute Gasteiger partial charge is 0.339 e. The Morgan fingerprint density at radius 3 is 2.26 bits per heavy atom. The molecule has 3 aliphatic heterocycles. The Kier molecular flexibility index (Phi) is 8.27. The first-order valence-electron chi connectivity index (χ1n) is 14.7. The van der Waals surface area contributed by atoms with Crippen LogP contribution >= 0.6 is 11.3 Å². The van der Waals surface area contributed by atoms with Gasteiger partial charge in [-0.3, -0.25) is 0 Å².